The van der Waals surface area contributed by atoms with Crippen molar-refractivity contribution in [2.24, 2.45) is 0 Å². The molecule has 1 heterocycles. The fourth-order valence-corrected chi connectivity index (χ4v) is 3.56. The molecule has 0 bridgehead atoms. The van der Waals surface area contributed by atoms with Crippen LogP contribution in [0.1, 0.15) is 17.5 Å². The highest BCUT2D eigenvalue weighted by atomic mass is 15.0. The summed E-state index contributed by atoms with van der Waals surface area (Å²) in [5.41, 5.74) is 6.80. The molecule has 4 rings (SSSR count). The number of fused-ring (bicyclic) bond motifs is 5. The van der Waals surface area contributed by atoms with E-state index < -0.39 is 0 Å². The van der Waals surface area contributed by atoms with Crippen LogP contribution in [0.5, 0.6) is 0 Å². The maximum atomic E-state index is 8.97. The average Bonchev–Trinajstić information content (AvgIpc) is 2.87. The van der Waals surface area contributed by atoms with Gasteiger partial charge in [0.05, 0.1) is 18.2 Å². The Hall–Kier alpha value is -2.53. The standard InChI is InChI=1S/C19H16N2/c20-12-5-13-21-18-9-4-3-8-16(18)17-11-10-14-6-1-2-7-15(14)19(17)21/h1-4,6-9H,5,10-11,13H2. The second-order valence-corrected chi connectivity index (χ2v) is 5.56. The molecule has 0 N–H and O–H groups in total. The molecule has 0 fully saturated rings. The molecule has 102 valence electrons. The van der Waals surface area contributed by atoms with Crippen LogP contribution in [0.15, 0.2) is 48.5 Å². The van der Waals surface area contributed by atoms with E-state index in [0.29, 0.717) is 6.42 Å². The van der Waals surface area contributed by atoms with Crippen molar-refractivity contribution < 1.29 is 0 Å². The summed E-state index contributed by atoms with van der Waals surface area (Å²) in [6, 6.07) is 19.5. The summed E-state index contributed by atoms with van der Waals surface area (Å²) in [5.74, 6) is 0. The van der Waals surface area contributed by atoms with Crippen molar-refractivity contribution in [3.8, 4) is 17.3 Å². The first-order valence-electron chi connectivity index (χ1n) is 7.45. The lowest BCUT2D eigenvalue weighted by Gasteiger charge is -2.19. The lowest BCUT2D eigenvalue weighted by molar-refractivity contribution is 0.742. The maximum absolute atomic E-state index is 8.97. The second-order valence-electron chi connectivity index (χ2n) is 5.56. The number of rotatable bonds is 2. The number of benzene rings is 2. The van der Waals surface area contributed by atoms with Crippen molar-refractivity contribution in [2.75, 3.05) is 0 Å². The van der Waals surface area contributed by atoms with Crippen LogP contribution < -0.4 is 0 Å². The predicted molar refractivity (Wildman–Crippen MR) is 85.0 cm³/mol. The molecular formula is C19H16N2. The third-order valence-corrected chi connectivity index (χ3v) is 4.44. The van der Waals surface area contributed by atoms with Gasteiger partial charge >= 0.3 is 0 Å². The van der Waals surface area contributed by atoms with Gasteiger partial charge in [0.2, 0.25) is 0 Å². The molecule has 0 aliphatic heterocycles. The largest absolute Gasteiger partial charge is 0.339 e. The van der Waals surface area contributed by atoms with Gasteiger partial charge in [-0.15, -0.1) is 0 Å². The molecule has 0 spiro atoms. The van der Waals surface area contributed by atoms with Crippen LogP contribution in [0.25, 0.3) is 22.2 Å². The van der Waals surface area contributed by atoms with Crippen LogP contribution in [-0.4, -0.2) is 4.57 Å². The molecule has 0 saturated heterocycles. The summed E-state index contributed by atoms with van der Waals surface area (Å²) in [5, 5.41) is 10.3. The fourth-order valence-electron chi connectivity index (χ4n) is 3.56. The van der Waals surface area contributed by atoms with Gasteiger partial charge < -0.3 is 4.57 Å². The first-order valence-corrected chi connectivity index (χ1v) is 7.45. The van der Waals surface area contributed by atoms with Crippen LogP contribution >= 0.6 is 0 Å². The smallest absolute Gasteiger partial charge is 0.0640 e. The normalized spacial score (nSPS) is 12.7. The van der Waals surface area contributed by atoms with E-state index in [1.165, 1.54) is 33.3 Å². The molecule has 1 aliphatic carbocycles. The lowest BCUT2D eigenvalue weighted by atomic mass is 9.89. The molecule has 1 aromatic heterocycles. The summed E-state index contributed by atoms with van der Waals surface area (Å²) >= 11 is 0. The highest BCUT2D eigenvalue weighted by Crippen LogP contribution is 2.39. The minimum Gasteiger partial charge on any atom is -0.339 e. The van der Waals surface area contributed by atoms with Gasteiger partial charge in [-0.05, 0) is 30.0 Å². The zero-order valence-corrected chi connectivity index (χ0v) is 11.8. The molecule has 2 aromatic carbocycles. The number of aryl methyl sites for hydroxylation is 3. The number of para-hydroxylation sites is 1. The third-order valence-electron chi connectivity index (χ3n) is 4.44. The van der Waals surface area contributed by atoms with Crippen molar-refractivity contribution in [3.63, 3.8) is 0 Å². The Balaban J connectivity index is 2.05. The monoisotopic (exact) mass is 272 g/mol. The minimum absolute atomic E-state index is 0.549. The lowest BCUT2D eigenvalue weighted by Crippen LogP contribution is -2.07. The summed E-state index contributed by atoms with van der Waals surface area (Å²) < 4.78 is 2.34. The van der Waals surface area contributed by atoms with Crippen molar-refractivity contribution >= 4 is 10.9 Å². The quantitative estimate of drug-likeness (QED) is 0.683. The molecule has 0 atom stereocenters. The van der Waals surface area contributed by atoms with E-state index in [-0.39, 0.29) is 0 Å². The summed E-state index contributed by atoms with van der Waals surface area (Å²) in [6.45, 7) is 0.765. The Morgan fingerprint density at radius 3 is 2.71 bits per heavy atom. The number of nitriles is 1. The van der Waals surface area contributed by atoms with Gasteiger partial charge in [-0.1, -0.05) is 42.5 Å². The first kappa shape index (κ1) is 12.2. The number of aromatic nitrogens is 1. The molecule has 1 aliphatic rings. The number of hydrogen-bond donors (Lipinski definition) is 0. The van der Waals surface area contributed by atoms with Gasteiger partial charge in [0.1, 0.15) is 0 Å². The number of hydrogen-bond acceptors (Lipinski definition) is 1. The zero-order valence-electron chi connectivity index (χ0n) is 11.8. The Morgan fingerprint density at radius 2 is 1.81 bits per heavy atom. The molecule has 2 nitrogen and oxygen atoms in total. The highest BCUT2D eigenvalue weighted by Gasteiger charge is 2.23. The van der Waals surface area contributed by atoms with Gasteiger partial charge in [0, 0.05) is 23.0 Å². The molecule has 3 aromatic rings. The van der Waals surface area contributed by atoms with Gasteiger partial charge in [-0.3, -0.25) is 0 Å². The molecule has 0 radical (unpaired) electrons. The van der Waals surface area contributed by atoms with E-state index in [1.54, 1.807) is 0 Å². The van der Waals surface area contributed by atoms with Gasteiger partial charge in [-0.25, -0.2) is 0 Å². The average molecular weight is 272 g/mol. The van der Waals surface area contributed by atoms with Gasteiger partial charge in [-0.2, -0.15) is 5.26 Å². The van der Waals surface area contributed by atoms with Crippen molar-refractivity contribution in [2.45, 2.75) is 25.8 Å². The number of nitrogens with zero attached hydrogens (tertiary/aromatic N) is 2. The van der Waals surface area contributed by atoms with Crippen LogP contribution in [0, 0.1) is 11.3 Å². The van der Waals surface area contributed by atoms with E-state index in [9.17, 15) is 0 Å². The molecular weight excluding hydrogens is 256 g/mol. The van der Waals surface area contributed by atoms with Crippen molar-refractivity contribution in [1.29, 1.82) is 5.26 Å². The Morgan fingerprint density at radius 1 is 1.00 bits per heavy atom. The van der Waals surface area contributed by atoms with E-state index in [0.717, 1.165) is 19.4 Å². The Labute approximate surface area is 124 Å². The third kappa shape index (κ3) is 1.78. The molecule has 21 heavy (non-hydrogen) atoms. The summed E-state index contributed by atoms with van der Waals surface area (Å²) in [6.07, 6.45) is 2.75. The summed E-state index contributed by atoms with van der Waals surface area (Å²) in [7, 11) is 0. The topological polar surface area (TPSA) is 28.7 Å². The van der Waals surface area contributed by atoms with Crippen LogP contribution in [-0.2, 0) is 19.4 Å². The van der Waals surface area contributed by atoms with Gasteiger partial charge in [0.15, 0.2) is 0 Å². The SMILES string of the molecule is N#CCCn1c2c(c3ccccc31)CCc1ccccc1-2. The van der Waals surface area contributed by atoms with E-state index in [4.69, 9.17) is 5.26 Å². The Kier molecular flexibility index (Phi) is 2.79. The van der Waals surface area contributed by atoms with Gasteiger partial charge in [0.25, 0.3) is 0 Å². The van der Waals surface area contributed by atoms with Crippen molar-refractivity contribution in [1.82, 2.24) is 4.57 Å². The van der Waals surface area contributed by atoms with E-state index >= 15 is 0 Å². The second kappa shape index (κ2) is 4.79. The van der Waals surface area contributed by atoms with Crippen LogP contribution in [0.3, 0.4) is 0 Å². The van der Waals surface area contributed by atoms with Crippen LogP contribution in [0.2, 0.25) is 0 Å². The first-order chi connectivity index (χ1) is 10.4. The highest BCUT2D eigenvalue weighted by molar-refractivity contribution is 5.93. The summed E-state index contributed by atoms with van der Waals surface area (Å²) in [4.78, 5) is 0. The molecule has 2 heteroatoms. The molecule has 0 saturated carbocycles. The van der Waals surface area contributed by atoms with Crippen molar-refractivity contribution in [3.05, 3.63) is 59.7 Å². The zero-order chi connectivity index (χ0) is 14.2. The van der Waals surface area contributed by atoms with Crippen LogP contribution in [0.4, 0.5) is 0 Å². The maximum Gasteiger partial charge on any atom is 0.0640 e. The fraction of sp³-hybridized carbons (Fsp3) is 0.211. The predicted octanol–water partition coefficient (Wildman–Crippen LogP) is 4.32. The Bertz CT molecular complexity index is 865. The minimum atomic E-state index is 0.549. The van der Waals surface area contributed by atoms with E-state index in [1.807, 2.05) is 0 Å². The van der Waals surface area contributed by atoms with E-state index in [2.05, 4.69) is 59.2 Å². The molecule has 0 amide bonds. The molecule has 0 unspecified atom stereocenters.